The van der Waals surface area contributed by atoms with Crippen LogP contribution in [-0.2, 0) is 0 Å². The minimum absolute atomic E-state index is 0. The maximum absolute atomic E-state index is 10.4. The molecule has 18 heavy (non-hydrogen) atoms. The normalized spacial score (nSPS) is 8.00. The second-order valence-corrected chi connectivity index (χ2v) is 2.49. The average molecular weight is 229 g/mol. The molecule has 0 saturated heterocycles. The van der Waals surface area contributed by atoms with Gasteiger partial charge in [-0.2, -0.15) is 0 Å². The summed E-state index contributed by atoms with van der Waals surface area (Å²) in [5, 5.41) is 31.1. The monoisotopic (exact) mass is 229 g/mol. The number of hydrogen-bond acceptors (Lipinski definition) is 7. The molecule has 0 amide bonds. The third kappa shape index (κ3) is 5.80. The van der Waals surface area contributed by atoms with Crippen LogP contribution in [0.5, 0.6) is 0 Å². The zero-order chi connectivity index (χ0) is 11.6. The van der Waals surface area contributed by atoms with Crippen molar-refractivity contribution in [2.75, 3.05) is 0 Å². The molecule has 0 aromatic carbocycles. The van der Waals surface area contributed by atoms with Gasteiger partial charge < -0.3 is 29.7 Å². The van der Waals surface area contributed by atoms with Crippen molar-refractivity contribution in [3.63, 3.8) is 0 Å². The van der Waals surface area contributed by atoms with Crippen molar-refractivity contribution in [1.82, 2.24) is 4.98 Å². The van der Waals surface area contributed by atoms with E-state index < -0.39 is 34.9 Å². The van der Waals surface area contributed by atoms with Gasteiger partial charge in [0.25, 0.3) is 0 Å². The van der Waals surface area contributed by atoms with Gasteiger partial charge in [-0.05, 0) is 12.1 Å². The van der Waals surface area contributed by atoms with Crippen LogP contribution in [0.25, 0.3) is 0 Å². The summed E-state index contributed by atoms with van der Waals surface area (Å²) >= 11 is 0. The zero-order valence-corrected chi connectivity index (χ0v) is 10.1. The molecule has 7 nitrogen and oxygen atoms in total. The summed E-state index contributed by atoms with van der Waals surface area (Å²) in [5.74, 6) is -5.30. The number of aromatic carboxylic acids is 3. The molecule has 1 heterocycles. The van der Waals surface area contributed by atoms with Gasteiger partial charge in [0, 0.05) is 5.56 Å². The molecule has 0 fully saturated rings. The molecule has 0 spiro atoms. The molecule has 78 valence electrons. The Labute approximate surface area is 138 Å². The summed E-state index contributed by atoms with van der Waals surface area (Å²) in [5.41, 5.74) is -2.24. The van der Waals surface area contributed by atoms with Gasteiger partial charge in [-0.3, -0.25) is 0 Å². The topological polar surface area (TPSA) is 133 Å². The second-order valence-electron chi connectivity index (χ2n) is 2.49. The van der Waals surface area contributed by atoms with Crippen LogP contribution in [0.2, 0.25) is 0 Å². The summed E-state index contributed by atoms with van der Waals surface area (Å²) in [4.78, 5) is 34.2. The summed E-state index contributed by atoms with van der Waals surface area (Å²) in [6.45, 7) is 0. The van der Waals surface area contributed by atoms with Gasteiger partial charge in [0.15, 0.2) is 0 Å². The number of carboxylic acids is 3. The number of carbonyl (C=O) groups excluding carboxylic acids is 3. The van der Waals surface area contributed by atoms with E-state index in [2.05, 4.69) is 4.98 Å². The minimum atomic E-state index is -1.79. The van der Waals surface area contributed by atoms with Crippen molar-refractivity contribution in [2.45, 2.75) is 0 Å². The Morgan fingerprint density at radius 2 is 1.11 bits per heavy atom. The van der Waals surface area contributed by atoms with Crippen LogP contribution < -0.4 is 71.9 Å². The standard InChI is InChI=1S/C8H5NO6.3Li/c10-6(11)3-1-4(7(12)13)9-5(2-3)8(14)15;;;/h1-2H,(H,10,11)(H,12,13)(H,14,15);;;/q;3*+1/p-3. The molecule has 1 aromatic rings. The number of rotatable bonds is 3. The molecule has 0 radical (unpaired) electrons. The Bertz CT molecular complexity index is 385. The zero-order valence-electron chi connectivity index (χ0n) is 10.1. The molecule has 1 aromatic heterocycles. The molecule has 10 heteroatoms. The van der Waals surface area contributed by atoms with Crippen LogP contribution >= 0.6 is 0 Å². The second kappa shape index (κ2) is 9.30. The number of carboxylic acid groups (broad SMARTS) is 3. The van der Waals surface area contributed by atoms with Crippen LogP contribution in [0, 0.1) is 0 Å². The van der Waals surface area contributed by atoms with E-state index in [1.165, 1.54) is 0 Å². The van der Waals surface area contributed by atoms with E-state index in [1.54, 1.807) is 0 Å². The molecule has 1 rings (SSSR count). The SMILES string of the molecule is O=C([O-])c1cc(C(=O)[O-])nc(C(=O)[O-])c1.[Li+].[Li+].[Li+]. The predicted octanol–water partition coefficient (Wildman–Crippen LogP) is -12.8. The number of hydrogen-bond donors (Lipinski definition) is 0. The Morgan fingerprint density at radius 1 is 0.778 bits per heavy atom. The molecule has 0 N–H and O–H groups in total. The van der Waals surface area contributed by atoms with Crippen LogP contribution in [0.4, 0.5) is 0 Å². The van der Waals surface area contributed by atoms with Crippen LogP contribution in [0.1, 0.15) is 31.3 Å². The van der Waals surface area contributed by atoms with Crippen molar-refractivity contribution in [2.24, 2.45) is 0 Å². The van der Waals surface area contributed by atoms with Gasteiger partial charge in [0.2, 0.25) is 0 Å². The molecule has 0 unspecified atom stereocenters. The van der Waals surface area contributed by atoms with Gasteiger partial charge in [0.1, 0.15) is 0 Å². The van der Waals surface area contributed by atoms with Gasteiger partial charge in [-0.15, -0.1) is 0 Å². The van der Waals surface area contributed by atoms with Crippen molar-refractivity contribution in [3.8, 4) is 0 Å². The maximum atomic E-state index is 10.4. The van der Waals surface area contributed by atoms with Crippen molar-refractivity contribution < 1.29 is 86.3 Å². The van der Waals surface area contributed by atoms with Gasteiger partial charge in [0.05, 0.1) is 29.3 Å². The first-order valence-electron chi connectivity index (χ1n) is 3.58. The van der Waals surface area contributed by atoms with Crippen molar-refractivity contribution >= 4 is 17.9 Å². The van der Waals surface area contributed by atoms with E-state index >= 15 is 0 Å². The predicted molar refractivity (Wildman–Crippen MR) is 37.2 cm³/mol. The Kier molecular flexibility index (Phi) is 11.6. The van der Waals surface area contributed by atoms with Gasteiger partial charge >= 0.3 is 56.6 Å². The fourth-order valence-corrected chi connectivity index (χ4v) is 0.858. The Balaban J connectivity index is -0.000000750. The smallest absolute Gasteiger partial charge is 0.545 e. The van der Waals surface area contributed by atoms with E-state index in [-0.39, 0.29) is 56.6 Å². The van der Waals surface area contributed by atoms with Crippen LogP contribution in [0.3, 0.4) is 0 Å². The number of aromatic nitrogens is 1. The molecule has 0 saturated carbocycles. The third-order valence-electron chi connectivity index (χ3n) is 1.48. The molecule has 0 aliphatic rings. The van der Waals surface area contributed by atoms with E-state index in [4.69, 9.17) is 0 Å². The number of nitrogens with zero attached hydrogens (tertiary/aromatic N) is 1. The van der Waals surface area contributed by atoms with Gasteiger partial charge in [-0.1, -0.05) is 0 Å². The first-order chi connectivity index (χ1) is 6.91. The Morgan fingerprint density at radius 3 is 1.33 bits per heavy atom. The van der Waals surface area contributed by atoms with Crippen LogP contribution in [-0.4, -0.2) is 22.9 Å². The van der Waals surface area contributed by atoms with E-state index in [0.717, 1.165) is 0 Å². The first-order valence-corrected chi connectivity index (χ1v) is 3.58. The average Bonchev–Trinajstić information content (AvgIpc) is 2.16. The quantitative estimate of drug-likeness (QED) is 0.469. The molecule has 0 bridgehead atoms. The van der Waals surface area contributed by atoms with Crippen molar-refractivity contribution in [1.29, 1.82) is 0 Å². The third-order valence-corrected chi connectivity index (χ3v) is 1.48. The van der Waals surface area contributed by atoms with Crippen LogP contribution in [0.15, 0.2) is 12.1 Å². The summed E-state index contributed by atoms with van der Waals surface area (Å²) in [6, 6.07) is 1.27. The molecular formula is C8H2Li3NO6. The molecule has 0 atom stereocenters. The summed E-state index contributed by atoms with van der Waals surface area (Å²) in [7, 11) is 0. The van der Waals surface area contributed by atoms with Gasteiger partial charge in [-0.25, -0.2) is 4.98 Å². The first kappa shape index (κ1) is 22.5. The summed E-state index contributed by atoms with van der Waals surface area (Å²) < 4.78 is 0. The largest absolute Gasteiger partial charge is 1.00 e. The molecular weight excluding hydrogens is 227 g/mol. The minimum Gasteiger partial charge on any atom is -0.545 e. The van der Waals surface area contributed by atoms with Crippen molar-refractivity contribution in [3.05, 3.63) is 29.1 Å². The fourth-order valence-electron chi connectivity index (χ4n) is 0.858. The molecule has 0 aliphatic heterocycles. The van der Waals surface area contributed by atoms with E-state index in [1.807, 2.05) is 0 Å². The fraction of sp³-hybridized carbons (Fsp3) is 0. The Hall–Kier alpha value is -0.648. The van der Waals surface area contributed by atoms with E-state index in [9.17, 15) is 29.7 Å². The summed E-state index contributed by atoms with van der Waals surface area (Å²) in [6.07, 6.45) is 0. The number of pyridine rings is 1. The maximum Gasteiger partial charge on any atom is 1.00 e. The van der Waals surface area contributed by atoms with E-state index in [0.29, 0.717) is 12.1 Å². The number of carbonyl (C=O) groups is 3. The molecule has 0 aliphatic carbocycles.